The van der Waals surface area contributed by atoms with Gasteiger partial charge in [-0.15, -0.1) is 5.10 Å². The molecular weight excluding hydrogens is 450 g/mol. The third kappa shape index (κ3) is 3.84. The quantitative estimate of drug-likeness (QED) is 0.396. The van der Waals surface area contributed by atoms with Crippen LogP contribution in [-0.4, -0.2) is 25.1 Å². The molecule has 2 aromatic heterocycles. The molecule has 0 radical (unpaired) electrons. The predicted molar refractivity (Wildman–Crippen MR) is 134 cm³/mol. The maximum atomic E-state index is 13.5. The van der Waals surface area contributed by atoms with E-state index in [1.807, 2.05) is 74.5 Å². The molecule has 0 aliphatic heterocycles. The van der Waals surface area contributed by atoms with Crippen LogP contribution in [0.15, 0.2) is 71.5 Å². The van der Waals surface area contributed by atoms with Crippen LogP contribution in [0.2, 0.25) is 5.02 Å². The Hall–Kier alpha value is -3.97. The van der Waals surface area contributed by atoms with E-state index in [-0.39, 0.29) is 23.6 Å². The molecule has 0 aliphatic carbocycles. The number of halogens is 1. The molecule has 0 saturated heterocycles. The third-order valence-electron chi connectivity index (χ3n) is 5.83. The summed E-state index contributed by atoms with van der Waals surface area (Å²) in [6.45, 7) is 4.25. The van der Waals surface area contributed by atoms with Crippen LogP contribution in [0.25, 0.3) is 16.7 Å². The Labute approximate surface area is 200 Å². The van der Waals surface area contributed by atoms with Gasteiger partial charge in [-0.05, 0) is 54.3 Å². The highest BCUT2D eigenvalue weighted by Crippen LogP contribution is 2.21. The van der Waals surface area contributed by atoms with Gasteiger partial charge >= 0.3 is 0 Å². The van der Waals surface area contributed by atoms with Crippen molar-refractivity contribution in [3.63, 3.8) is 0 Å². The van der Waals surface area contributed by atoms with Crippen molar-refractivity contribution in [3.05, 3.63) is 105 Å². The molecule has 170 valence electrons. The molecule has 0 fully saturated rings. The molecule has 0 atom stereocenters. The number of rotatable bonds is 5. The lowest BCUT2D eigenvalue weighted by Gasteiger charge is -2.13. The highest BCUT2D eigenvalue weighted by molar-refractivity contribution is 6.31. The van der Waals surface area contributed by atoms with Gasteiger partial charge in [-0.25, -0.2) is 4.52 Å². The second-order valence-electron chi connectivity index (χ2n) is 8.11. The van der Waals surface area contributed by atoms with Crippen LogP contribution < -0.4 is 10.9 Å². The van der Waals surface area contributed by atoms with Gasteiger partial charge in [0.25, 0.3) is 11.5 Å². The van der Waals surface area contributed by atoms with E-state index in [0.29, 0.717) is 21.7 Å². The summed E-state index contributed by atoms with van der Waals surface area (Å²) in [6, 6.07) is 20.7. The summed E-state index contributed by atoms with van der Waals surface area (Å²) < 4.78 is 3.07. The fourth-order valence-corrected chi connectivity index (χ4v) is 4.25. The number of aromatic nitrogens is 4. The number of amides is 1. The van der Waals surface area contributed by atoms with Crippen LogP contribution in [0.4, 0.5) is 5.69 Å². The van der Waals surface area contributed by atoms with Crippen molar-refractivity contribution in [2.45, 2.75) is 26.8 Å². The summed E-state index contributed by atoms with van der Waals surface area (Å²) in [4.78, 5) is 30.9. The third-order valence-corrected chi connectivity index (χ3v) is 6.20. The summed E-state index contributed by atoms with van der Waals surface area (Å²) in [5.41, 5.74) is 4.60. The summed E-state index contributed by atoms with van der Waals surface area (Å²) >= 11 is 6.37. The van der Waals surface area contributed by atoms with Gasteiger partial charge < -0.3 is 5.32 Å². The Morgan fingerprint density at radius 1 is 1.00 bits per heavy atom. The zero-order valence-electron chi connectivity index (χ0n) is 18.7. The first-order valence-electron chi connectivity index (χ1n) is 11.0. The number of fused-ring (bicyclic) bond motifs is 3. The van der Waals surface area contributed by atoms with Crippen LogP contribution >= 0.6 is 11.6 Å². The van der Waals surface area contributed by atoms with Crippen molar-refractivity contribution in [1.29, 1.82) is 0 Å². The SMILES string of the molecule is CCc1ccccc1NC(=O)c1nc2c(=O)n(Cc3ccccc3Cl)c3cc(C)ccc3n2n1. The molecule has 1 N–H and O–H groups in total. The van der Waals surface area contributed by atoms with Crippen LogP contribution in [0.1, 0.15) is 34.2 Å². The number of carbonyl (C=O) groups is 1. The molecule has 3 aromatic carbocycles. The van der Waals surface area contributed by atoms with Gasteiger partial charge in [-0.3, -0.25) is 14.2 Å². The van der Waals surface area contributed by atoms with E-state index in [9.17, 15) is 9.59 Å². The van der Waals surface area contributed by atoms with E-state index in [1.165, 1.54) is 4.52 Å². The molecule has 5 aromatic rings. The Kier molecular flexibility index (Phi) is 5.63. The number of aryl methyl sites for hydroxylation is 2. The van der Waals surface area contributed by atoms with Crippen LogP contribution in [0.5, 0.6) is 0 Å². The Balaban J connectivity index is 1.65. The summed E-state index contributed by atoms with van der Waals surface area (Å²) in [6.07, 6.45) is 0.770. The second kappa shape index (κ2) is 8.76. The summed E-state index contributed by atoms with van der Waals surface area (Å²) in [5, 5.41) is 7.85. The molecule has 8 heteroatoms. The van der Waals surface area contributed by atoms with Gasteiger partial charge in [0.15, 0.2) is 0 Å². The number of para-hydroxylation sites is 1. The van der Waals surface area contributed by atoms with Crippen molar-refractivity contribution in [3.8, 4) is 0 Å². The Morgan fingerprint density at radius 2 is 1.74 bits per heavy atom. The number of hydrogen-bond acceptors (Lipinski definition) is 4. The molecule has 5 rings (SSSR count). The molecule has 0 spiro atoms. The monoisotopic (exact) mass is 471 g/mol. The van der Waals surface area contributed by atoms with Crippen LogP contribution in [0, 0.1) is 6.92 Å². The lowest BCUT2D eigenvalue weighted by Crippen LogP contribution is -2.24. The van der Waals surface area contributed by atoms with E-state index in [2.05, 4.69) is 15.4 Å². The topological polar surface area (TPSA) is 81.3 Å². The smallest absolute Gasteiger partial charge is 0.296 e. The first kappa shape index (κ1) is 21.9. The zero-order chi connectivity index (χ0) is 23.8. The van der Waals surface area contributed by atoms with E-state index >= 15 is 0 Å². The standard InChI is InChI=1S/C26H22ClN5O2/c1-3-17-8-5-7-11-20(17)28-25(33)23-29-24-26(34)31(15-18-9-4-6-10-19(18)27)22-14-16(2)12-13-21(22)32(24)30-23/h4-14H,3,15H2,1-2H3,(H,28,33). The molecule has 0 aliphatic rings. The Bertz CT molecular complexity index is 1620. The predicted octanol–water partition coefficient (Wildman–Crippen LogP) is 4.87. The first-order valence-corrected chi connectivity index (χ1v) is 11.4. The molecule has 2 heterocycles. The Morgan fingerprint density at radius 3 is 2.50 bits per heavy atom. The zero-order valence-corrected chi connectivity index (χ0v) is 19.5. The fraction of sp³-hybridized carbons (Fsp3) is 0.154. The van der Waals surface area contributed by atoms with E-state index in [4.69, 9.17) is 11.6 Å². The molecule has 34 heavy (non-hydrogen) atoms. The average molecular weight is 472 g/mol. The minimum atomic E-state index is -0.470. The van der Waals surface area contributed by atoms with Gasteiger partial charge in [0, 0.05) is 10.7 Å². The molecule has 0 bridgehead atoms. The molecular formula is C26H22ClN5O2. The van der Waals surface area contributed by atoms with E-state index in [0.717, 1.165) is 23.1 Å². The lowest BCUT2D eigenvalue weighted by atomic mass is 10.1. The largest absolute Gasteiger partial charge is 0.319 e. The van der Waals surface area contributed by atoms with Crippen molar-refractivity contribution in [2.24, 2.45) is 0 Å². The van der Waals surface area contributed by atoms with Crippen molar-refractivity contribution >= 4 is 39.9 Å². The summed E-state index contributed by atoms with van der Waals surface area (Å²) in [5.74, 6) is -0.540. The van der Waals surface area contributed by atoms with Gasteiger partial charge in [-0.1, -0.05) is 61.0 Å². The fourth-order valence-electron chi connectivity index (χ4n) is 4.06. The first-order chi connectivity index (χ1) is 16.5. The van der Waals surface area contributed by atoms with Gasteiger partial charge in [0.2, 0.25) is 11.5 Å². The minimum absolute atomic E-state index is 0.0691. The summed E-state index contributed by atoms with van der Waals surface area (Å²) in [7, 11) is 0. The van der Waals surface area contributed by atoms with Gasteiger partial charge in [0.05, 0.1) is 17.6 Å². The van der Waals surface area contributed by atoms with Gasteiger partial charge in [0.1, 0.15) is 0 Å². The highest BCUT2D eigenvalue weighted by atomic mass is 35.5. The highest BCUT2D eigenvalue weighted by Gasteiger charge is 2.20. The molecule has 0 unspecified atom stereocenters. The molecule has 7 nitrogen and oxygen atoms in total. The van der Waals surface area contributed by atoms with Gasteiger partial charge in [-0.2, -0.15) is 4.98 Å². The maximum Gasteiger partial charge on any atom is 0.296 e. The molecule has 0 saturated carbocycles. The van der Waals surface area contributed by atoms with Crippen molar-refractivity contribution in [1.82, 2.24) is 19.2 Å². The minimum Gasteiger partial charge on any atom is -0.319 e. The normalized spacial score (nSPS) is 11.3. The average Bonchev–Trinajstić information content (AvgIpc) is 3.29. The van der Waals surface area contributed by atoms with Crippen LogP contribution in [0.3, 0.4) is 0 Å². The number of hydrogen-bond donors (Lipinski definition) is 1. The number of anilines is 1. The maximum absolute atomic E-state index is 13.5. The van der Waals surface area contributed by atoms with Crippen LogP contribution in [-0.2, 0) is 13.0 Å². The number of nitrogens with zero attached hydrogens (tertiary/aromatic N) is 4. The van der Waals surface area contributed by atoms with E-state index in [1.54, 1.807) is 10.6 Å². The van der Waals surface area contributed by atoms with Crippen molar-refractivity contribution in [2.75, 3.05) is 5.32 Å². The van der Waals surface area contributed by atoms with E-state index < -0.39 is 5.91 Å². The lowest BCUT2D eigenvalue weighted by molar-refractivity contribution is 0.101. The number of nitrogens with one attached hydrogen (secondary N) is 1. The second-order valence-corrected chi connectivity index (χ2v) is 8.52. The van der Waals surface area contributed by atoms with Crippen molar-refractivity contribution < 1.29 is 4.79 Å². The number of carbonyl (C=O) groups excluding carboxylic acids is 1. The molecule has 1 amide bonds. The number of benzene rings is 3.